The quantitative estimate of drug-likeness (QED) is 0.524. The number of amides is 1. The highest BCUT2D eigenvalue weighted by Crippen LogP contribution is 1.89. The number of carbonyl (C=O) groups excluding carboxylic acids is 1. The first-order valence-electron chi connectivity index (χ1n) is 3.80. The zero-order valence-corrected chi connectivity index (χ0v) is 7.91. The van der Waals surface area contributed by atoms with Crippen LogP contribution in [0.4, 0.5) is 4.79 Å². The predicted molar refractivity (Wildman–Crippen MR) is 53.1 cm³/mol. The van der Waals surface area contributed by atoms with E-state index >= 15 is 0 Å². The molecule has 0 saturated carbocycles. The first kappa shape index (κ1) is 11.4. The topological polar surface area (TPSA) is 50.7 Å². The summed E-state index contributed by atoms with van der Waals surface area (Å²) in [6, 6.07) is 0. The fraction of sp³-hybridized carbons (Fsp3) is 0.333. The fourth-order valence-electron chi connectivity index (χ4n) is 0.711. The molecule has 13 heavy (non-hydrogen) atoms. The van der Waals surface area contributed by atoms with Gasteiger partial charge in [-0.2, -0.15) is 0 Å². The molecule has 0 bridgehead atoms. The van der Waals surface area contributed by atoms with Gasteiger partial charge in [-0.05, 0) is 5.57 Å². The van der Waals surface area contributed by atoms with Gasteiger partial charge in [0.2, 0.25) is 0 Å². The molecule has 0 aliphatic carbocycles. The van der Waals surface area contributed by atoms with Gasteiger partial charge in [0.25, 0.3) is 0 Å². The van der Waals surface area contributed by atoms with Gasteiger partial charge >= 0.3 is 6.09 Å². The van der Waals surface area contributed by atoms with Gasteiger partial charge in [0.05, 0.1) is 7.11 Å². The van der Waals surface area contributed by atoms with E-state index in [9.17, 15) is 4.79 Å². The molecule has 1 amide bonds. The van der Waals surface area contributed by atoms with E-state index in [0.717, 1.165) is 5.57 Å². The third kappa shape index (κ3) is 5.66. The van der Waals surface area contributed by atoms with E-state index in [1.54, 1.807) is 25.4 Å². The van der Waals surface area contributed by atoms with Gasteiger partial charge in [-0.15, -0.1) is 0 Å². The second-order valence-electron chi connectivity index (χ2n) is 2.21. The summed E-state index contributed by atoms with van der Waals surface area (Å²) >= 11 is 0. The van der Waals surface area contributed by atoms with Crippen molar-refractivity contribution in [1.29, 1.82) is 0 Å². The highest BCUT2D eigenvalue weighted by atomic mass is 16.5. The minimum Gasteiger partial charge on any atom is -0.453 e. The Morgan fingerprint density at radius 2 is 2.38 bits per heavy atom. The molecule has 1 N–H and O–H groups in total. The molecular weight excluding hydrogens is 168 g/mol. The maximum atomic E-state index is 10.7. The lowest BCUT2D eigenvalue weighted by Crippen LogP contribution is -2.25. The molecule has 0 fully saturated rings. The average molecular weight is 182 g/mol. The van der Waals surface area contributed by atoms with Crippen molar-refractivity contribution >= 4 is 12.3 Å². The molecule has 0 aliphatic rings. The Kier molecular flexibility index (Phi) is 6.23. The van der Waals surface area contributed by atoms with Crippen LogP contribution in [0.1, 0.15) is 0 Å². The number of hydrogen-bond donors (Lipinski definition) is 1. The Labute approximate surface area is 78.0 Å². The maximum absolute atomic E-state index is 10.7. The predicted octanol–water partition coefficient (Wildman–Crippen LogP) is 1.16. The number of allylic oxidation sites excluding steroid dienone is 2. The first-order chi connectivity index (χ1) is 6.24. The first-order valence-corrected chi connectivity index (χ1v) is 3.80. The molecule has 0 radical (unpaired) electrons. The van der Waals surface area contributed by atoms with Crippen LogP contribution in [0.25, 0.3) is 0 Å². The van der Waals surface area contributed by atoms with E-state index in [1.165, 1.54) is 7.11 Å². The van der Waals surface area contributed by atoms with Crippen molar-refractivity contribution in [1.82, 2.24) is 5.32 Å². The van der Waals surface area contributed by atoms with Gasteiger partial charge in [0, 0.05) is 19.8 Å². The summed E-state index contributed by atoms with van der Waals surface area (Å²) in [6.45, 7) is 3.93. The molecule has 0 saturated heterocycles. The van der Waals surface area contributed by atoms with Crippen LogP contribution >= 0.6 is 0 Å². The van der Waals surface area contributed by atoms with Crippen LogP contribution in [-0.4, -0.2) is 33.0 Å². The largest absolute Gasteiger partial charge is 0.453 e. The fourth-order valence-corrected chi connectivity index (χ4v) is 0.711. The van der Waals surface area contributed by atoms with Crippen molar-refractivity contribution in [2.24, 2.45) is 4.99 Å². The molecule has 4 heteroatoms. The number of rotatable bonds is 4. The van der Waals surface area contributed by atoms with Crippen LogP contribution in [0.3, 0.4) is 0 Å². The molecular formula is C9H14N2O2. The number of ether oxygens (including phenoxy) is 1. The van der Waals surface area contributed by atoms with Crippen molar-refractivity contribution in [3.05, 3.63) is 24.3 Å². The Morgan fingerprint density at radius 1 is 1.69 bits per heavy atom. The number of nitrogens with one attached hydrogen (secondary N) is 1. The zero-order valence-electron chi connectivity index (χ0n) is 7.91. The summed E-state index contributed by atoms with van der Waals surface area (Å²) in [5.41, 5.74) is 0.864. The molecule has 0 aromatic heterocycles. The minimum atomic E-state index is -0.459. The molecule has 0 aromatic rings. The second-order valence-corrected chi connectivity index (χ2v) is 2.21. The number of nitrogens with zero attached hydrogens (tertiary/aromatic N) is 1. The molecule has 0 spiro atoms. The number of carbonyl (C=O) groups is 1. The molecule has 4 nitrogen and oxygen atoms in total. The highest BCUT2D eigenvalue weighted by molar-refractivity contribution is 5.80. The second kappa shape index (κ2) is 7.09. The van der Waals surface area contributed by atoms with Crippen molar-refractivity contribution < 1.29 is 9.53 Å². The molecule has 0 unspecified atom stereocenters. The van der Waals surface area contributed by atoms with Crippen molar-refractivity contribution in [3.8, 4) is 0 Å². The van der Waals surface area contributed by atoms with Gasteiger partial charge in [-0.3, -0.25) is 4.99 Å². The van der Waals surface area contributed by atoms with Gasteiger partial charge in [0.15, 0.2) is 0 Å². The number of hydrogen-bond acceptors (Lipinski definition) is 3. The summed E-state index contributed by atoms with van der Waals surface area (Å²) < 4.78 is 4.41. The molecule has 72 valence electrons. The van der Waals surface area contributed by atoms with Crippen LogP contribution < -0.4 is 5.32 Å². The normalized spacial score (nSPS) is 11.4. The van der Waals surface area contributed by atoms with Crippen LogP contribution in [0, 0.1) is 0 Å². The standard InChI is InChI=1S/C9H14N2O2/c1-4-5-8(6-10-2)7-11-9(12)13-3/h4-6H,1,7H2,2-3H3,(H,11,12)/b8-5+,10-6?. The molecule has 0 aliphatic heterocycles. The Hall–Kier alpha value is -1.58. The number of methoxy groups -OCH3 is 1. The van der Waals surface area contributed by atoms with E-state index < -0.39 is 6.09 Å². The van der Waals surface area contributed by atoms with Gasteiger partial charge in [-0.1, -0.05) is 18.7 Å². The smallest absolute Gasteiger partial charge is 0.407 e. The van der Waals surface area contributed by atoms with E-state index in [1.807, 2.05) is 0 Å². The van der Waals surface area contributed by atoms with Crippen LogP contribution in [-0.2, 0) is 4.74 Å². The summed E-state index contributed by atoms with van der Waals surface area (Å²) in [5.74, 6) is 0. The maximum Gasteiger partial charge on any atom is 0.407 e. The molecule has 0 atom stereocenters. The lowest BCUT2D eigenvalue weighted by Gasteiger charge is -2.02. The Balaban J connectivity index is 4.04. The molecule has 0 heterocycles. The molecule has 0 rings (SSSR count). The summed E-state index contributed by atoms with van der Waals surface area (Å²) in [7, 11) is 2.98. The zero-order chi connectivity index (χ0) is 10.1. The average Bonchev–Trinajstić information content (AvgIpc) is 2.14. The lowest BCUT2D eigenvalue weighted by atomic mass is 10.2. The Morgan fingerprint density at radius 3 is 2.85 bits per heavy atom. The van der Waals surface area contributed by atoms with E-state index in [2.05, 4.69) is 21.6 Å². The number of alkyl carbamates (subject to hydrolysis) is 1. The molecule has 0 aromatic carbocycles. The minimum absolute atomic E-state index is 0.385. The van der Waals surface area contributed by atoms with Gasteiger partial charge in [0.1, 0.15) is 0 Å². The van der Waals surface area contributed by atoms with Crippen molar-refractivity contribution in [2.75, 3.05) is 20.7 Å². The summed E-state index contributed by atoms with van der Waals surface area (Å²) in [5, 5.41) is 2.53. The number of aliphatic imine (C=N–C) groups is 1. The van der Waals surface area contributed by atoms with E-state index in [0.29, 0.717) is 6.54 Å². The van der Waals surface area contributed by atoms with Gasteiger partial charge in [-0.25, -0.2) is 4.79 Å². The van der Waals surface area contributed by atoms with Gasteiger partial charge < -0.3 is 10.1 Å². The highest BCUT2D eigenvalue weighted by Gasteiger charge is 1.98. The van der Waals surface area contributed by atoms with Crippen LogP contribution in [0.2, 0.25) is 0 Å². The summed E-state index contributed by atoms with van der Waals surface area (Å²) in [6.07, 6.45) is 4.59. The van der Waals surface area contributed by atoms with Crippen LogP contribution in [0.15, 0.2) is 29.3 Å². The van der Waals surface area contributed by atoms with Crippen molar-refractivity contribution in [3.63, 3.8) is 0 Å². The third-order valence-corrected chi connectivity index (χ3v) is 1.25. The third-order valence-electron chi connectivity index (χ3n) is 1.25. The SMILES string of the molecule is C=C/C=C(\C=NC)CNC(=O)OC. The van der Waals surface area contributed by atoms with E-state index in [4.69, 9.17) is 0 Å². The lowest BCUT2D eigenvalue weighted by molar-refractivity contribution is 0.172. The summed E-state index contributed by atoms with van der Waals surface area (Å²) in [4.78, 5) is 14.5. The Bertz CT molecular complexity index is 232. The van der Waals surface area contributed by atoms with Crippen molar-refractivity contribution in [2.45, 2.75) is 0 Å². The van der Waals surface area contributed by atoms with Crippen LogP contribution in [0.5, 0.6) is 0 Å². The van der Waals surface area contributed by atoms with E-state index in [-0.39, 0.29) is 0 Å². The monoisotopic (exact) mass is 182 g/mol.